The van der Waals surface area contributed by atoms with Gasteiger partial charge in [-0.1, -0.05) is 23.7 Å². The first-order chi connectivity index (χ1) is 8.17. The molecule has 1 aromatic carbocycles. The minimum absolute atomic E-state index is 0.0266. The lowest BCUT2D eigenvalue weighted by Gasteiger charge is -2.18. The standard InChI is InChI=1S/C12H18ClNO3/c1-17-8-11(7-15)14-6-12(16)9-2-4-10(13)5-3-9/h2-5,11-12,14-16H,6-8H2,1H3. The summed E-state index contributed by atoms with van der Waals surface area (Å²) >= 11 is 5.76. The molecule has 0 aliphatic rings. The molecule has 1 aromatic rings. The maximum Gasteiger partial charge on any atom is 0.0914 e. The Bertz CT molecular complexity index is 318. The molecule has 17 heavy (non-hydrogen) atoms. The predicted octanol–water partition coefficient (Wildman–Crippen LogP) is 0.970. The molecular weight excluding hydrogens is 242 g/mol. The molecule has 1 rings (SSSR count). The maximum atomic E-state index is 9.90. The molecule has 0 aliphatic carbocycles. The van der Waals surface area contributed by atoms with E-state index in [0.717, 1.165) is 5.56 Å². The summed E-state index contributed by atoms with van der Waals surface area (Å²) in [6, 6.07) is 6.86. The average molecular weight is 260 g/mol. The smallest absolute Gasteiger partial charge is 0.0914 e. The minimum Gasteiger partial charge on any atom is -0.395 e. The van der Waals surface area contributed by atoms with Gasteiger partial charge < -0.3 is 20.3 Å². The highest BCUT2D eigenvalue weighted by molar-refractivity contribution is 6.30. The van der Waals surface area contributed by atoms with Crippen molar-refractivity contribution in [2.24, 2.45) is 0 Å². The molecule has 0 fully saturated rings. The maximum absolute atomic E-state index is 9.90. The number of aliphatic hydroxyl groups excluding tert-OH is 2. The summed E-state index contributed by atoms with van der Waals surface area (Å²) in [5.41, 5.74) is 0.788. The molecule has 0 aromatic heterocycles. The highest BCUT2D eigenvalue weighted by Crippen LogP contribution is 2.15. The Morgan fingerprint density at radius 2 is 2.00 bits per heavy atom. The average Bonchev–Trinajstić information content (AvgIpc) is 2.35. The molecule has 2 atom stereocenters. The number of aliphatic hydroxyl groups is 2. The number of nitrogens with one attached hydrogen (secondary N) is 1. The Kier molecular flexibility index (Phi) is 6.47. The molecule has 0 spiro atoms. The van der Waals surface area contributed by atoms with Crippen molar-refractivity contribution in [3.63, 3.8) is 0 Å². The van der Waals surface area contributed by atoms with E-state index in [1.165, 1.54) is 0 Å². The van der Waals surface area contributed by atoms with Gasteiger partial charge in [-0.05, 0) is 17.7 Å². The van der Waals surface area contributed by atoms with Crippen molar-refractivity contribution in [1.82, 2.24) is 5.32 Å². The monoisotopic (exact) mass is 259 g/mol. The molecule has 0 bridgehead atoms. The van der Waals surface area contributed by atoms with Crippen LogP contribution in [0.15, 0.2) is 24.3 Å². The third-order valence-corrected chi connectivity index (χ3v) is 2.69. The summed E-state index contributed by atoms with van der Waals surface area (Å²) in [5.74, 6) is 0. The van der Waals surface area contributed by atoms with Gasteiger partial charge in [-0.3, -0.25) is 0 Å². The Hall–Kier alpha value is -0.650. The van der Waals surface area contributed by atoms with Gasteiger partial charge in [-0.2, -0.15) is 0 Å². The van der Waals surface area contributed by atoms with E-state index in [4.69, 9.17) is 21.4 Å². The summed E-state index contributed by atoms with van der Waals surface area (Å²) < 4.78 is 4.93. The summed E-state index contributed by atoms with van der Waals surface area (Å²) in [6.07, 6.45) is -0.627. The Morgan fingerprint density at radius 1 is 1.35 bits per heavy atom. The van der Waals surface area contributed by atoms with E-state index in [-0.39, 0.29) is 12.6 Å². The molecule has 0 amide bonds. The van der Waals surface area contributed by atoms with Crippen LogP contribution in [-0.4, -0.2) is 43.1 Å². The summed E-state index contributed by atoms with van der Waals surface area (Å²) in [6.45, 7) is 0.737. The first-order valence-electron chi connectivity index (χ1n) is 5.44. The van der Waals surface area contributed by atoms with Crippen LogP contribution in [0.4, 0.5) is 0 Å². The van der Waals surface area contributed by atoms with Crippen LogP contribution >= 0.6 is 11.6 Å². The Balaban J connectivity index is 2.43. The lowest BCUT2D eigenvalue weighted by atomic mass is 10.1. The molecule has 3 N–H and O–H groups in total. The van der Waals surface area contributed by atoms with Gasteiger partial charge in [0.25, 0.3) is 0 Å². The Morgan fingerprint density at radius 3 is 2.53 bits per heavy atom. The lowest BCUT2D eigenvalue weighted by molar-refractivity contribution is 0.111. The Labute approximate surface area is 106 Å². The van der Waals surface area contributed by atoms with E-state index in [1.54, 1.807) is 31.4 Å². The van der Waals surface area contributed by atoms with E-state index in [9.17, 15) is 5.11 Å². The van der Waals surface area contributed by atoms with Crippen LogP contribution in [0.3, 0.4) is 0 Å². The van der Waals surface area contributed by atoms with Gasteiger partial charge in [0.05, 0.1) is 25.4 Å². The second kappa shape index (κ2) is 7.63. The molecule has 4 nitrogen and oxygen atoms in total. The number of rotatable bonds is 7. The van der Waals surface area contributed by atoms with Gasteiger partial charge in [-0.25, -0.2) is 0 Å². The predicted molar refractivity (Wildman–Crippen MR) is 67.2 cm³/mol. The molecular formula is C12H18ClNO3. The van der Waals surface area contributed by atoms with Gasteiger partial charge in [0.2, 0.25) is 0 Å². The van der Waals surface area contributed by atoms with E-state index in [2.05, 4.69) is 5.32 Å². The second-order valence-electron chi connectivity index (χ2n) is 3.81. The number of benzene rings is 1. The summed E-state index contributed by atoms with van der Waals surface area (Å²) in [5, 5.41) is 22.6. The van der Waals surface area contributed by atoms with Crippen LogP contribution in [0.5, 0.6) is 0 Å². The van der Waals surface area contributed by atoms with Crippen LogP contribution < -0.4 is 5.32 Å². The largest absolute Gasteiger partial charge is 0.395 e. The SMILES string of the molecule is COCC(CO)NCC(O)c1ccc(Cl)cc1. The number of hydrogen-bond donors (Lipinski definition) is 3. The van der Waals surface area contributed by atoms with Crippen molar-refractivity contribution in [2.75, 3.05) is 26.9 Å². The van der Waals surface area contributed by atoms with Crippen LogP contribution in [0.25, 0.3) is 0 Å². The quantitative estimate of drug-likeness (QED) is 0.683. The zero-order valence-electron chi connectivity index (χ0n) is 9.77. The van der Waals surface area contributed by atoms with Gasteiger partial charge in [0, 0.05) is 18.7 Å². The zero-order chi connectivity index (χ0) is 12.7. The normalized spacial score (nSPS) is 14.6. The highest BCUT2D eigenvalue weighted by atomic mass is 35.5. The van der Waals surface area contributed by atoms with Crippen molar-refractivity contribution in [1.29, 1.82) is 0 Å². The van der Waals surface area contributed by atoms with Crippen molar-refractivity contribution >= 4 is 11.6 Å². The van der Waals surface area contributed by atoms with Gasteiger partial charge in [0.1, 0.15) is 0 Å². The minimum atomic E-state index is -0.627. The van der Waals surface area contributed by atoms with Gasteiger partial charge >= 0.3 is 0 Å². The molecule has 0 heterocycles. The first kappa shape index (κ1) is 14.4. The van der Waals surface area contributed by atoms with E-state index in [0.29, 0.717) is 18.2 Å². The van der Waals surface area contributed by atoms with Crippen molar-refractivity contribution in [3.8, 4) is 0 Å². The van der Waals surface area contributed by atoms with Crippen LogP contribution in [0.1, 0.15) is 11.7 Å². The van der Waals surface area contributed by atoms with Crippen LogP contribution in [0, 0.1) is 0 Å². The van der Waals surface area contributed by atoms with E-state index < -0.39 is 6.10 Å². The fourth-order valence-corrected chi connectivity index (χ4v) is 1.58. The second-order valence-corrected chi connectivity index (χ2v) is 4.25. The molecule has 0 aliphatic heterocycles. The third-order valence-electron chi connectivity index (χ3n) is 2.44. The molecule has 2 unspecified atom stereocenters. The molecule has 0 saturated carbocycles. The summed E-state index contributed by atoms with van der Waals surface area (Å²) in [7, 11) is 1.57. The van der Waals surface area contributed by atoms with Crippen LogP contribution in [-0.2, 0) is 4.74 Å². The number of methoxy groups -OCH3 is 1. The number of ether oxygens (including phenoxy) is 1. The van der Waals surface area contributed by atoms with E-state index in [1.807, 2.05) is 0 Å². The molecule has 0 saturated heterocycles. The lowest BCUT2D eigenvalue weighted by Crippen LogP contribution is -2.38. The number of hydrogen-bond acceptors (Lipinski definition) is 4. The summed E-state index contributed by atoms with van der Waals surface area (Å²) in [4.78, 5) is 0. The highest BCUT2D eigenvalue weighted by Gasteiger charge is 2.11. The van der Waals surface area contributed by atoms with Gasteiger partial charge in [-0.15, -0.1) is 0 Å². The van der Waals surface area contributed by atoms with Crippen molar-refractivity contribution in [3.05, 3.63) is 34.9 Å². The van der Waals surface area contributed by atoms with Crippen LogP contribution in [0.2, 0.25) is 5.02 Å². The van der Waals surface area contributed by atoms with Crippen molar-refractivity contribution < 1.29 is 14.9 Å². The van der Waals surface area contributed by atoms with E-state index >= 15 is 0 Å². The zero-order valence-corrected chi connectivity index (χ0v) is 10.5. The topological polar surface area (TPSA) is 61.7 Å². The van der Waals surface area contributed by atoms with Crippen molar-refractivity contribution in [2.45, 2.75) is 12.1 Å². The fourth-order valence-electron chi connectivity index (χ4n) is 1.46. The third kappa shape index (κ3) is 5.02. The van der Waals surface area contributed by atoms with Gasteiger partial charge in [0.15, 0.2) is 0 Å². The molecule has 5 heteroatoms. The molecule has 96 valence electrons. The fraction of sp³-hybridized carbons (Fsp3) is 0.500. The first-order valence-corrected chi connectivity index (χ1v) is 5.82. The molecule has 0 radical (unpaired) electrons. The number of halogens is 1.